The predicted molar refractivity (Wildman–Crippen MR) is 69.9 cm³/mol. The van der Waals surface area contributed by atoms with Crippen LogP contribution in [0.5, 0.6) is 0 Å². The zero-order valence-corrected chi connectivity index (χ0v) is 11.2. The molecule has 1 heterocycles. The van der Waals surface area contributed by atoms with Gasteiger partial charge in [-0.25, -0.2) is 0 Å². The number of nitrogens with zero attached hydrogens (tertiary/aromatic N) is 1. The summed E-state index contributed by atoms with van der Waals surface area (Å²) in [5.74, 6) is 0.506. The van der Waals surface area contributed by atoms with Gasteiger partial charge in [-0.2, -0.15) is 0 Å². The number of carbonyl (C=O) groups is 2. The van der Waals surface area contributed by atoms with Gasteiger partial charge in [0, 0.05) is 19.0 Å². The molecule has 1 fully saturated rings. The normalized spacial score (nSPS) is 25.7. The minimum absolute atomic E-state index is 0.00227. The van der Waals surface area contributed by atoms with E-state index < -0.39 is 0 Å². The second-order valence-electron chi connectivity index (χ2n) is 5.63. The van der Waals surface area contributed by atoms with Crippen LogP contribution in [0.15, 0.2) is 12.2 Å². The van der Waals surface area contributed by atoms with Gasteiger partial charge in [-0.05, 0) is 25.2 Å². The third-order valence-corrected chi connectivity index (χ3v) is 3.63. The van der Waals surface area contributed by atoms with Crippen LogP contribution in [0.4, 0.5) is 0 Å². The number of nitrogens with one attached hydrogen (secondary N) is 1. The lowest BCUT2D eigenvalue weighted by molar-refractivity contribution is -0.135. The number of carbonyl (C=O) groups excluding carboxylic acids is 2. The van der Waals surface area contributed by atoms with E-state index in [4.69, 9.17) is 0 Å². The molecule has 4 heteroatoms. The minimum atomic E-state index is -0.333. The minimum Gasteiger partial charge on any atom is -0.344 e. The Labute approximate surface area is 108 Å². The van der Waals surface area contributed by atoms with E-state index in [9.17, 15) is 9.59 Å². The molecule has 18 heavy (non-hydrogen) atoms. The fourth-order valence-corrected chi connectivity index (χ4v) is 2.71. The summed E-state index contributed by atoms with van der Waals surface area (Å²) in [6.07, 6.45) is 7.24. The van der Waals surface area contributed by atoms with Gasteiger partial charge in [0.15, 0.2) is 0 Å². The standard InChI is InChI=1S/C14H22N2O2/c1-10(2)9-12-14(18)16(8-7-13(17)15-12)11-5-3-4-6-11/h3-4,10-12H,5-9H2,1-2H3,(H,15,17). The molecule has 2 rings (SSSR count). The summed E-state index contributed by atoms with van der Waals surface area (Å²) in [6.45, 7) is 4.71. The Morgan fingerprint density at radius 1 is 1.33 bits per heavy atom. The second kappa shape index (κ2) is 5.55. The molecule has 0 aromatic heterocycles. The van der Waals surface area contributed by atoms with Gasteiger partial charge in [0.25, 0.3) is 0 Å². The molecule has 1 N–H and O–H groups in total. The van der Waals surface area contributed by atoms with E-state index in [0.29, 0.717) is 18.9 Å². The Bertz CT molecular complexity index is 355. The highest BCUT2D eigenvalue weighted by Crippen LogP contribution is 2.21. The van der Waals surface area contributed by atoms with E-state index in [1.165, 1.54) is 0 Å². The summed E-state index contributed by atoms with van der Waals surface area (Å²) in [7, 11) is 0. The number of rotatable bonds is 3. The lowest BCUT2D eigenvalue weighted by Crippen LogP contribution is -2.48. The van der Waals surface area contributed by atoms with Crippen molar-refractivity contribution in [2.45, 2.75) is 51.6 Å². The third-order valence-electron chi connectivity index (χ3n) is 3.63. The lowest BCUT2D eigenvalue weighted by Gasteiger charge is -2.30. The van der Waals surface area contributed by atoms with E-state index >= 15 is 0 Å². The lowest BCUT2D eigenvalue weighted by atomic mass is 10.0. The summed E-state index contributed by atoms with van der Waals surface area (Å²) in [5, 5.41) is 2.86. The maximum absolute atomic E-state index is 12.5. The van der Waals surface area contributed by atoms with Gasteiger partial charge in [0.2, 0.25) is 11.8 Å². The average molecular weight is 250 g/mol. The van der Waals surface area contributed by atoms with Crippen molar-refractivity contribution in [3.05, 3.63) is 12.2 Å². The van der Waals surface area contributed by atoms with Crippen molar-refractivity contribution < 1.29 is 9.59 Å². The van der Waals surface area contributed by atoms with Crippen molar-refractivity contribution in [1.82, 2.24) is 10.2 Å². The molecule has 0 aromatic rings. The van der Waals surface area contributed by atoms with Crippen molar-refractivity contribution in [1.29, 1.82) is 0 Å². The molecule has 1 aliphatic heterocycles. The molecule has 2 aliphatic rings. The van der Waals surface area contributed by atoms with E-state index in [2.05, 4.69) is 31.3 Å². The van der Waals surface area contributed by atoms with Crippen LogP contribution in [0.25, 0.3) is 0 Å². The van der Waals surface area contributed by atoms with Gasteiger partial charge in [0.05, 0.1) is 0 Å². The summed E-state index contributed by atoms with van der Waals surface area (Å²) in [6, 6.07) is -0.0690. The SMILES string of the molecule is CC(C)CC1NC(=O)CCN(C2CC=CC2)C1=O. The molecular formula is C14H22N2O2. The Morgan fingerprint density at radius 3 is 2.61 bits per heavy atom. The maximum atomic E-state index is 12.5. The Morgan fingerprint density at radius 2 is 2.00 bits per heavy atom. The summed E-state index contributed by atoms with van der Waals surface area (Å²) >= 11 is 0. The van der Waals surface area contributed by atoms with Crippen LogP contribution in [0, 0.1) is 5.92 Å². The summed E-state index contributed by atoms with van der Waals surface area (Å²) < 4.78 is 0. The smallest absolute Gasteiger partial charge is 0.245 e. The third kappa shape index (κ3) is 2.92. The van der Waals surface area contributed by atoms with Crippen molar-refractivity contribution in [3.63, 3.8) is 0 Å². The van der Waals surface area contributed by atoms with Crippen LogP contribution in [0.3, 0.4) is 0 Å². The fraction of sp³-hybridized carbons (Fsp3) is 0.714. The first-order valence-electron chi connectivity index (χ1n) is 6.82. The molecule has 0 aromatic carbocycles. The quantitative estimate of drug-likeness (QED) is 0.771. The highest BCUT2D eigenvalue weighted by molar-refractivity contribution is 5.90. The molecule has 0 spiro atoms. The zero-order chi connectivity index (χ0) is 13.1. The molecule has 0 radical (unpaired) electrons. The van der Waals surface area contributed by atoms with E-state index in [1.54, 1.807) is 0 Å². The molecule has 1 saturated heterocycles. The van der Waals surface area contributed by atoms with Crippen LogP contribution >= 0.6 is 0 Å². The molecule has 100 valence electrons. The Kier molecular flexibility index (Phi) is 4.04. The van der Waals surface area contributed by atoms with Gasteiger partial charge < -0.3 is 10.2 Å². The Balaban J connectivity index is 2.09. The molecule has 1 aliphatic carbocycles. The monoisotopic (exact) mass is 250 g/mol. The molecule has 0 saturated carbocycles. The van der Waals surface area contributed by atoms with Gasteiger partial charge in [0.1, 0.15) is 6.04 Å². The summed E-state index contributed by atoms with van der Waals surface area (Å²) in [4.78, 5) is 26.1. The summed E-state index contributed by atoms with van der Waals surface area (Å²) in [5.41, 5.74) is 0. The number of amides is 2. The number of hydrogen-bond acceptors (Lipinski definition) is 2. The van der Waals surface area contributed by atoms with Crippen LogP contribution in [-0.4, -0.2) is 35.3 Å². The van der Waals surface area contributed by atoms with Crippen molar-refractivity contribution in [2.75, 3.05) is 6.54 Å². The molecule has 1 atom stereocenters. The molecular weight excluding hydrogens is 228 g/mol. The molecule has 1 unspecified atom stereocenters. The number of hydrogen-bond donors (Lipinski definition) is 1. The Hall–Kier alpha value is -1.32. The highest BCUT2D eigenvalue weighted by atomic mass is 16.2. The van der Waals surface area contributed by atoms with Gasteiger partial charge in [-0.1, -0.05) is 26.0 Å². The van der Waals surface area contributed by atoms with Crippen LogP contribution in [-0.2, 0) is 9.59 Å². The first-order chi connectivity index (χ1) is 8.58. The van der Waals surface area contributed by atoms with Crippen LogP contribution in [0.1, 0.15) is 39.5 Å². The maximum Gasteiger partial charge on any atom is 0.245 e. The predicted octanol–water partition coefficient (Wildman–Crippen LogP) is 1.47. The zero-order valence-electron chi connectivity index (χ0n) is 11.2. The second-order valence-corrected chi connectivity index (χ2v) is 5.63. The molecule has 4 nitrogen and oxygen atoms in total. The molecule has 2 amide bonds. The topological polar surface area (TPSA) is 49.4 Å². The van der Waals surface area contributed by atoms with E-state index in [1.807, 2.05) is 4.90 Å². The van der Waals surface area contributed by atoms with Crippen molar-refractivity contribution >= 4 is 11.8 Å². The van der Waals surface area contributed by atoms with Crippen LogP contribution in [0.2, 0.25) is 0 Å². The first-order valence-corrected chi connectivity index (χ1v) is 6.82. The van der Waals surface area contributed by atoms with Crippen molar-refractivity contribution in [2.24, 2.45) is 5.92 Å². The van der Waals surface area contributed by atoms with Gasteiger partial charge in [-0.3, -0.25) is 9.59 Å². The van der Waals surface area contributed by atoms with E-state index in [-0.39, 0.29) is 23.9 Å². The average Bonchev–Trinajstić information content (AvgIpc) is 2.77. The fourth-order valence-electron chi connectivity index (χ4n) is 2.71. The van der Waals surface area contributed by atoms with Gasteiger partial charge in [-0.15, -0.1) is 0 Å². The molecule has 0 bridgehead atoms. The largest absolute Gasteiger partial charge is 0.344 e. The highest BCUT2D eigenvalue weighted by Gasteiger charge is 2.34. The van der Waals surface area contributed by atoms with Gasteiger partial charge >= 0.3 is 0 Å². The van der Waals surface area contributed by atoms with E-state index in [0.717, 1.165) is 19.3 Å². The van der Waals surface area contributed by atoms with Crippen molar-refractivity contribution in [3.8, 4) is 0 Å². The first kappa shape index (κ1) is 13.1. The van der Waals surface area contributed by atoms with Crippen LogP contribution < -0.4 is 5.32 Å².